The molecule has 1 heteroatoms. The van der Waals surface area contributed by atoms with E-state index < -0.39 is 0 Å². The van der Waals surface area contributed by atoms with E-state index in [2.05, 4.69) is 75.9 Å². The summed E-state index contributed by atoms with van der Waals surface area (Å²) in [4.78, 5) is 0. The minimum absolute atomic E-state index is 0.293. The van der Waals surface area contributed by atoms with Crippen molar-refractivity contribution in [3.05, 3.63) is 71.8 Å². The summed E-state index contributed by atoms with van der Waals surface area (Å²) in [5, 5.41) is 0. The van der Waals surface area contributed by atoms with E-state index >= 15 is 0 Å². The molecule has 0 unspecified atom stereocenters. The molecule has 0 spiro atoms. The van der Waals surface area contributed by atoms with Gasteiger partial charge in [-0.15, -0.1) is 0 Å². The van der Waals surface area contributed by atoms with Crippen LogP contribution in [0.1, 0.15) is 31.9 Å². The first kappa shape index (κ1) is 14.8. The molecule has 0 nitrogen and oxygen atoms in total. The third-order valence-corrected chi connectivity index (χ3v) is 3.03. The average Bonchev–Trinajstić information content (AvgIpc) is 2.40. The van der Waals surface area contributed by atoms with Crippen LogP contribution in [0.4, 0.5) is 0 Å². The minimum atomic E-state index is 0.293. The zero-order valence-corrected chi connectivity index (χ0v) is 12.3. The van der Waals surface area contributed by atoms with E-state index in [0.29, 0.717) is 5.41 Å². The quantitative estimate of drug-likeness (QED) is 0.676. The molecule has 0 atom stereocenters. The summed E-state index contributed by atoms with van der Waals surface area (Å²) < 4.78 is 0. The number of hydrogen-bond donors (Lipinski definition) is 1. The molecule has 0 aliphatic rings. The van der Waals surface area contributed by atoms with Crippen molar-refractivity contribution in [2.75, 3.05) is 0 Å². The largest absolute Gasteiger partial charge is 0.175 e. The lowest BCUT2D eigenvalue weighted by molar-refractivity contribution is 0.590. The Bertz CT molecular complexity index is 426. The van der Waals surface area contributed by atoms with Crippen molar-refractivity contribution in [1.82, 2.24) is 0 Å². The third kappa shape index (κ3) is 5.42. The lowest BCUT2D eigenvalue weighted by Crippen LogP contribution is -2.10. The van der Waals surface area contributed by atoms with E-state index in [9.17, 15) is 0 Å². The number of rotatable bonds is 1. The molecule has 0 heterocycles. The maximum atomic E-state index is 4.11. The summed E-state index contributed by atoms with van der Waals surface area (Å²) in [5.41, 5.74) is 2.96. The molecule has 2 aromatic carbocycles. The maximum absolute atomic E-state index is 4.11. The molecule has 18 heavy (non-hydrogen) atoms. The van der Waals surface area contributed by atoms with E-state index in [1.807, 2.05) is 18.2 Å². The Labute approximate surface area is 116 Å². The van der Waals surface area contributed by atoms with Gasteiger partial charge in [-0.25, -0.2) is 0 Å². The molecular weight excluding hydrogens is 236 g/mol. The van der Waals surface area contributed by atoms with E-state index in [-0.39, 0.29) is 0 Å². The van der Waals surface area contributed by atoms with Crippen LogP contribution in [-0.4, -0.2) is 0 Å². The van der Waals surface area contributed by atoms with Crippen molar-refractivity contribution in [2.45, 2.75) is 31.9 Å². The first-order valence-corrected chi connectivity index (χ1v) is 6.87. The summed E-state index contributed by atoms with van der Waals surface area (Å²) in [5.74, 6) is 0.834. The normalized spacial score (nSPS) is 10.4. The molecule has 0 amide bonds. The Balaban J connectivity index is 0.000000184. The van der Waals surface area contributed by atoms with Crippen molar-refractivity contribution in [3.8, 4) is 0 Å². The Morgan fingerprint density at radius 1 is 0.778 bits per heavy atom. The Morgan fingerprint density at radius 3 is 1.50 bits per heavy atom. The topological polar surface area (TPSA) is 0 Å². The summed E-state index contributed by atoms with van der Waals surface area (Å²) in [6, 6.07) is 20.7. The molecule has 0 radical (unpaired) electrons. The van der Waals surface area contributed by atoms with Crippen LogP contribution in [0.15, 0.2) is 60.7 Å². The monoisotopic (exact) mass is 258 g/mol. The summed E-state index contributed by atoms with van der Waals surface area (Å²) >= 11 is 4.11. The highest BCUT2D eigenvalue weighted by atomic mass is 32.1. The third-order valence-electron chi connectivity index (χ3n) is 2.67. The molecule has 0 aliphatic carbocycles. The highest BCUT2D eigenvalue weighted by Crippen LogP contribution is 2.20. The second-order valence-electron chi connectivity index (χ2n) is 5.26. The zero-order chi connectivity index (χ0) is 13.4. The van der Waals surface area contributed by atoms with E-state index in [0.717, 1.165) is 5.75 Å². The number of benzene rings is 2. The van der Waals surface area contributed by atoms with Gasteiger partial charge in [-0.3, -0.25) is 0 Å². The van der Waals surface area contributed by atoms with E-state index in [1.54, 1.807) is 0 Å². The van der Waals surface area contributed by atoms with Crippen molar-refractivity contribution in [3.63, 3.8) is 0 Å². The van der Waals surface area contributed by atoms with Gasteiger partial charge >= 0.3 is 0 Å². The Morgan fingerprint density at radius 2 is 1.22 bits per heavy atom. The predicted molar refractivity (Wildman–Crippen MR) is 84.3 cm³/mol. The van der Waals surface area contributed by atoms with Gasteiger partial charge in [0.1, 0.15) is 0 Å². The Kier molecular flexibility index (Phi) is 6.00. The van der Waals surface area contributed by atoms with Gasteiger partial charge in [0.25, 0.3) is 0 Å². The Hall–Kier alpha value is -1.21. The first-order valence-electron chi connectivity index (χ1n) is 6.24. The van der Waals surface area contributed by atoms with Crippen molar-refractivity contribution < 1.29 is 0 Å². The predicted octanol–water partition coefficient (Wildman–Crippen LogP) is 5.10. The van der Waals surface area contributed by atoms with Crippen LogP contribution in [0.2, 0.25) is 0 Å². The SMILES string of the molecule is CC(C)(C)c1ccccc1.SCc1ccccc1. The van der Waals surface area contributed by atoms with Crippen molar-refractivity contribution in [1.29, 1.82) is 0 Å². The van der Waals surface area contributed by atoms with Gasteiger partial charge in [0.05, 0.1) is 0 Å². The average molecular weight is 258 g/mol. The number of thiol groups is 1. The second kappa shape index (κ2) is 7.27. The molecule has 0 aliphatic heterocycles. The molecule has 96 valence electrons. The lowest BCUT2D eigenvalue weighted by atomic mass is 9.87. The smallest absolute Gasteiger partial charge is 0.0154 e. The molecular formula is C17H22S. The lowest BCUT2D eigenvalue weighted by Gasteiger charge is -2.18. The van der Waals surface area contributed by atoms with Crippen molar-refractivity contribution in [2.24, 2.45) is 0 Å². The van der Waals surface area contributed by atoms with Crippen LogP contribution in [-0.2, 0) is 11.2 Å². The van der Waals surface area contributed by atoms with Gasteiger partial charge in [-0.1, -0.05) is 81.4 Å². The fourth-order valence-electron chi connectivity index (χ4n) is 1.52. The van der Waals surface area contributed by atoms with Crippen LogP contribution in [0.3, 0.4) is 0 Å². The van der Waals surface area contributed by atoms with Gasteiger partial charge in [-0.05, 0) is 16.5 Å². The van der Waals surface area contributed by atoms with Crippen LogP contribution in [0.5, 0.6) is 0 Å². The second-order valence-corrected chi connectivity index (χ2v) is 5.58. The summed E-state index contributed by atoms with van der Waals surface area (Å²) in [7, 11) is 0. The molecule has 2 rings (SSSR count). The molecule has 0 saturated carbocycles. The van der Waals surface area contributed by atoms with Gasteiger partial charge in [0.2, 0.25) is 0 Å². The fourth-order valence-corrected chi connectivity index (χ4v) is 1.73. The molecule has 0 saturated heterocycles. The minimum Gasteiger partial charge on any atom is -0.175 e. The van der Waals surface area contributed by atoms with Gasteiger partial charge in [0.15, 0.2) is 0 Å². The maximum Gasteiger partial charge on any atom is 0.0154 e. The van der Waals surface area contributed by atoms with Gasteiger partial charge < -0.3 is 0 Å². The van der Waals surface area contributed by atoms with E-state index in [1.165, 1.54) is 11.1 Å². The van der Waals surface area contributed by atoms with Crippen LogP contribution in [0, 0.1) is 0 Å². The van der Waals surface area contributed by atoms with Crippen LogP contribution in [0.25, 0.3) is 0 Å². The molecule has 2 aromatic rings. The molecule has 0 N–H and O–H groups in total. The fraction of sp³-hybridized carbons (Fsp3) is 0.294. The standard InChI is InChI=1S/C10H14.C7H8S/c1-10(2,3)9-7-5-4-6-8-9;8-6-7-4-2-1-3-5-7/h4-8H,1-3H3;1-5,8H,6H2. The van der Waals surface area contributed by atoms with Crippen LogP contribution >= 0.6 is 12.6 Å². The molecule has 0 aromatic heterocycles. The first-order chi connectivity index (χ1) is 8.54. The highest BCUT2D eigenvalue weighted by molar-refractivity contribution is 7.79. The highest BCUT2D eigenvalue weighted by Gasteiger charge is 2.11. The molecule has 0 fully saturated rings. The van der Waals surface area contributed by atoms with Crippen molar-refractivity contribution >= 4 is 12.6 Å². The zero-order valence-electron chi connectivity index (χ0n) is 11.4. The number of hydrogen-bond acceptors (Lipinski definition) is 1. The van der Waals surface area contributed by atoms with Crippen LogP contribution < -0.4 is 0 Å². The summed E-state index contributed by atoms with van der Waals surface area (Å²) in [6.07, 6.45) is 0. The molecule has 0 bridgehead atoms. The van der Waals surface area contributed by atoms with E-state index in [4.69, 9.17) is 0 Å². The van der Waals surface area contributed by atoms with Gasteiger partial charge in [-0.2, -0.15) is 12.6 Å². The summed E-state index contributed by atoms with van der Waals surface area (Å²) in [6.45, 7) is 6.67. The van der Waals surface area contributed by atoms with Gasteiger partial charge in [0, 0.05) is 5.75 Å².